The molecule has 6 heteroatoms. The number of carboxylic acids is 2. The minimum absolute atomic E-state index is 0.437. The van der Waals surface area contributed by atoms with Crippen molar-refractivity contribution in [2.75, 3.05) is 19.3 Å². The van der Waals surface area contributed by atoms with E-state index in [0.717, 1.165) is 18.2 Å². The third-order valence-electron chi connectivity index (χ3n) is 7.72. The van der Waals surface area contributed by atoms with E-state index < -0.39 is 28.7 Å². The summed E-state index contributed by atoms with van der Waals surface area (Å²) in [6.07, 6.45) is 7.34. The highest BCUT2D eigenvalue weighted by Gasteiger charge is 2.58. The molecule has 1 heterocycles. The zero-order valence-corrected chi connectivity index (χ0v) is 18.9. The molecule has 3 rings (SSSR count). The number of benzene rings is 1. The zero-order chi connectivity index (χ0) is 22.5. The summed E-state index contributed by atoms with van der Waals surface area (Å²) in [6, 6.07) is 8.99. The number of carbonyl (C=O) groups is 2. The van der Waals surface area contributed by atoms with Crippen LogP contribution < -0.4 is 5.73 Å². The number of aryl methyl sites for hydroxylation is 1. The molecule has 0 radical (unpaired) electrons. The van der Waals surface area contributed by atoms with Crippen molar-refractivity contribution in [2.24, 2.45) is 16.7 Å². The van der Waals surface area contributed by atoms with E-state index in [1.807, 2.05) is 12.1 Å². The fraction of sp³-hybridized carbons (Fsp3) is 0.667. The number of carboxylic acid groups (broad SMARTS) is 2. The Morgan fingerprint density at radius 3 is 2.30 bits per heavy atom. The van der Waals surface area contributed by atoms with E-state index in [1.165, 1.54) is 37.8 Å². The quantitative estimate of drug-likeness (QED) is 0.617. The number of hydrogen-bond acceptors (Lipinski definition) is 4. The molecule has 2 fully saturated rings. The lowest BCUT2D eigenvalue weighted by molar-refractivity contribution is -0.157. The van der Waals surface area contributed by atoms with E-state index in [9.17, 15) is 9.59 Å². The maximum absolute atomic E-state index is 11.1. The lowest BCUT2D eigenvalue weighted by Crippen LogP contribution is -2.42. The third kappa shape index (κ3) is 5.15. The molecule has 1 aliphatic carbocycles. The van der Waals surface area contributed by atoms with Crippen molar-refractivity contribution in [1.29, 1.82) is 0 Å². The molecule has 1 aliphatic heterocycles. The molecule has 0 bridgehead atoms. The van der Waals surface area contributed by atoms with E-state index in [4.69, 9.17) is 15.9 Å². The summed E-state index contributed by atoms with van der Waals surface area (Å²) in [4.78, 5) is 24.6. The molecule has 1 aromatic carbocycles. The molecule has 0 unspecified atom stereocenters. The number of nitrogens with two attached hydrogens (primary N) is 1. The van der Waals surface area contributed by atoms with Gasteiger partial charge >= 0.3 is 11.9 Å². The summed E-state index contributed by atoms with van der Waals surface area (Å²) < 4.78 is 0. The van der Waals surface area contributed by atoms with Gasteiger partial charge in [-0.25, -0.2) is 0 Å². The minimum Gasteiger partial charge on any atom is -0.481 e. The lowest BCUT2D eigenvalue weighted by atomic mass is 9.66. The first-order chi connectivity index (χ1) is 14.0. The normalized spacial score (nSPS) is 28.4. The van der Waals surface area contributed by atoms with E-state index in [0.29, 0.717) is 12.8 Å². The number of likely N-dealkylation sites (tertiary alicyclic amines) is 1. The predicted octanol–water partition coefficient (Wildman–Crippen LogP) is 4.28. The van der Waals surface area contributed by atoms with E-state index in [2.05, 4.69) is 24.1 Å². The van der Waals surface area contributed by atoms with Crippen molar-refractivity contribution >= 4 is 17.6 Å². The monoisotopic (exact) mass is 418 g/mol. The van der Waals surface area contributed by atoms with Gasteiger partial charge in [-0.05, 0) is 76.1 Å². The van der Waals surface area contributed by atoms with E-state index in [-0.39, 0.29) is 0 Å². The molecule has 1 aromatic rings. The highest BCUT2D eigenvalue weighted by molar-refractivity contribution is 5.80. The van der Waals surface area contributed by atoms with Gasteiger partial charge in [0, 0.05) is 11.7 Å². The summed E-state index contributed by atoms with van der Waals surface area (Å²) in [5, 5.41) is 18.1. The fourth-order valence-electron chi connectivity index (χ4n) is 4.91. The largest absolute Gasteiger partial charge is 0.481 e. The number of hydrogen-bond donors (Lipinski definition) is 3. The van der Waals surface area contributed by atoms with Crippen molar-refractivity contribution in [3.05, 3.63) is 29.8 Å². The topological polar surface area (TPSA) is 104 Å². The second-order valence-corrected chi connectivity index (χ2v) is 9.66. The number of aliphatic carboxylic acids is 2. The minimum atomic E-state index is -0.921. The van der Waals surface area contributed by atoms with Crippen molar-refractivity contribution in [3.63, 3.8) is 0 Å². The Hall–Kier alpha value is -2.08. The molecule has 0 amide bonds. The number of piperidine rings is 1. The molecule has 4 N–H and O–H groups in total. The standard InChI is InChI=1S/C14H22N2.C10H16O4/c1-16-11-5-4-7-13(16)10-9-12-6-2-3-8-14(12)15;1-9(2)6(7(11)12)4-5-10(9,3)8(13)14/h2-3,6,8,13H,4-5,7,9-11,15H2,1H3;6H,4-5H2,1-3H3,(H,11,12)(H,13,14)/t13-;6-,10+/m11/s1. The van der Waals surface area contributed by atoms with Gasteiger partial charge in [-0.1, -0.05) is 38.5 Å². The molecule has 1 saturated heterocycles. The van der Waals surface area contributed by atoms with Crippen LogP contribution in [-0.4, -0.2) is 46.7 Å². The van der Waals surface area contributed by atoms with Crippen molar-refractivity contribution in [3.8, 4) is 0 Å². The van der Waals surface area contributed by atoms with Crippen LogP contribution in [0.4, 0.5) is 5.69 Å². The Morgan fingerprint density at radius 1 is 1.13 bits per heavy atom. The maximum Gasteiger partial charge on any atom is 0.309 e. The molecule has 1 saturated carbocycles. The van der Waals surface area contributed by atoms with Crippen molar-refractivity contribution < 1.29 is 19.8 Å². The van der Waals surface area contributed by atoms with Crippen LogP contribution in [0.1, 0.15) is 64.9 Å². The summed E-state index contributed by atoms with van der Waals surface area (Å²) in [5.41, 5.74) is 6.60. The molecule has 0 spiro atoms. The van der Waals surface area contributed by atoms with Gasteiger partial charge in [0.05, 0.1) is 11.3 Å². The Bertz CT molecular complexity index is 748. The molecule has 0 aromatic heterocycles. The molecule has 3 atom stereocenters. The van der Waals surface area contributed by atoms with Gasteiger partial charge in [-0.2, -0.15) is 0 Å². The molecular formula is C24H38N2O4. The summed E-state index contributed by atoms with van der Waals surface area (Å²) in [5.74, 6) is -2.34. The van der Waals surface area contributed by atoms with Crippen LogP contribution in [-0.2, 0) is 16.0 Å². The highest BCUT2D eigenvalue weighted by Crippen LogP contribution is 2.56. The predicted molar refractivity (Wildman–Crippen MR) is 119 cm³/mol. The van der Waals surface area contributed by atoms with E-state index in [1.54, 1.807) is 20.8 Å². The van der Waals surface area contributed by atoms with Crippen LogP contribution in [0.2, 0.25) is 0 Å². The average Bonchev–Trinajstić information content (AvgIpc) is 2.93. The first-order valence-electron chi connectivity index (χ1n) is 11.0. The fourth-order valence-corrected chi connectivity index (χ4v) is 4.91. The van der Waals surface area contributed by atoms with Crippen LogP contribution in [0.15, 0.2) is 24.3 Å². The van der Waals surface area contributed by atoms with Gasteiger partial charge in [0.25, 0.3) is 0 Å². The summed E-state index contributed by atoms with van der Waals surface area (Å²) in [7, 11) is 2.25. The number of nitrogens with zero attached hydrogens (tertiary/aromatic N) is 1. The molecule has 30 heavy (non-hydrogen) atoms. The molecular weight excluding hydrogens is 380 g/mol. The third-order valence-corrected chi connectivity index (χ3v) is 7.72. The first kappa shape index (κ1) is 24.2. The van der Waals surface area contributed by atoms with Gasteiger partial charge in [0.15, 0.2) is 0 Å². The van der Waals surface area contributed by atoms with E-state index >= 15 is 0 Å². The SMILES string of the molecule is CC1(C)[C@@H](C(=O)O)CC[C@@]1(C)C(=O)O.CN1CCCC[C@@H]1CCc1ccccc1N. The van der Waals surface area contributed by atoms with Crippen LogP contribution >= 0.6 is 0 Å². The van der Waals surface area contributed by atoms with Gasteiger partial charge in [-0.15, -0.1) is 0 Å². The van der Waals surface area contributed by atoms with Gasteiger partial charge in [0.2, 0.25) is 0 Å². The smallest absolute Gasteiger partial charge is 0.309 e. The maximum atomic E-state index is 11.1. The summed E-state index contributed by atoms with van der Waals surface area (Å²) in [6.45, 7) is 6.35. The second kappa shape index (κ2) is 9.82. The summed E-state index contributed by atoms with van der Waals surface area (Å²) >= 11 is 0. The molecule has 6 nitrogen and oxygen atoms in total. The average molecular weight is 419 g/mol. The van der Waals surface area contributed by atoms with Crippen LogP contribution in [0.3, 0.4) is 0 Å². The first-order valence-corrected chi connectivity index (χ1v) is 11.0. The Morgan fingerprint density at radius 2 is 1.80 bits per heavy atom. The highest BCUT2D eigenvalue weighted by atomic mass is 16.4. The molecule has 168 valence electrons. The van der Waals surface area contributed by atoms with Gasteiger partial charge < -0.3 is 20.8 Å². The Kier molecular flexibility index (Phi) is 7.92. The second-order valence-electron chi connectivity index (χ2n) is 9.66. The van der Waals surface area contributed by atoms with Crippen molar-refractivity contribution in [2.45, 2.75) is 71.8 Å². The number of anilines is 1. The molecule has 2 aliphatic rings. The van der Waals surface area contributed by atoms with Crippen LogP contribution in [0.5, 0.6) is 0 Å². The van der Waals surface area contributed by atoms with Gasteiger partial charge in [-0.3, -0.25) is 9.59 Å². The Labute approximate surface area is 180 Å². The van der Waals surface area contributed by atoms with Gasteiger partial charge in [0.1, 0.15) is 0 Å². The Balaban J connectivity index is 0.000000216. The van der Waals surface area contributed by atoms with Crippen LogP contribution in [0.25, 0.3) is 0 Å². The van der Waals surface area contributed by atoms with Crippen LogP contribution in [0, 0.1) is 16.7 Å². The zero-order valence-electron chi connectivity index (χ0n) is 18.9. The lowest BCUT2D eigenvalue weighted by Gasteiger charge is -2.36. The van der Waals surface area contributed by atoms with Crippen molar-refractivity contribution in [1.82, 2.24) is 4.90 Å². The number of para-hydroxylation sites is 1. The number of rotatable bonds is 5. The number of nitrogen functional groups attached to an aromatic ring is 1.